The van der Waals surface area contributed by atoms with E-state index in [1.54, 1.807) is 0 Å². The van der Waals surface area contributed by atoms with Crippen LogP contribution in [0, 0.1) is 6.92 Å². The van der Waals surface area contributed by atoms with E-state index in [0.717, 1.165) is 31.5 Å². The lowest BCUT2D eigenvalue weighted by Gasteiger charge is -2.08. The van der Waals surface area contributed by atoms with Crippen molar-refractivity contribution in [2.45, 2.75) is 142 Å². The van der Waals surface area contributed by atoms with E-state index in [9.17, 15) is 0 Å². The quantitative estimate of drug-likeness (QED) is 0.204. The van der Waals surface area contributed by atoms with Crippen molar-refractivity contribution < 1.29 is 0 Å². The summed E-state index contributed by atoms with van der Waals surface area (Å²) in [6.45, 7) is 8.56. The molecule has 2 nitrogen and oxygen atoms in total. The molecule has 0 fully saturated rings. The molecule has 1 radical (unpaired) electrons. The van der Waals surface area contributed by atoms with Gasteiger partial charge in [-0.1, -0.05) is 111 Å². The second-order valence-corrected chi connectivity index (χ2v) is 8.82. The summed E-state index contributed by atoms with van der Waals surface area (Å²) in [4.78, 5) is 9.63. The SMILES string of the molecule is [CH2]CCc1nc(CCCCCCCCCC)cc(CCCCCCCCCC)n1. The van der Waals surface area contributed by atoms with Crippen molar-refractivity contribution in [2.75, 3.05) is 0 Å². The highest BCUT2D eigenvalue weighted by atomic mass is 14.9. The maximum atomic E-state index is 4.82. The standard InChI is InChI=1S/C27H49N2/c1-4-7-9-11-13-15-17-19-22-25-24-26(29-27(28-25)21-6-3)23-20-18-16-14-12-10-8-5-2/h24H,3-23H2,1-2H3. The van der Waals surface area contributed by atoms with Crippen LogP contribution in [0.2, 0.25) is 0 Å². The first-order valence-electron chi connectivity index (χ1n) is 12.9. The number of hydrogen-bond donors (Lipinski definition) is 0. The Bertz CT molecular complexity index is 445. The molecule has 0 bridgehead atoms. The van der Waals surface area contributed by atoms with E-state index >= 15 is 0 Å². The van der Waals surface area contributed by atoms with Crippen LogP contribution in [0.4, 0.5) is 0 Å². The largest absolute Gasteiger partial charge is 0.238 e. The summed E-state index contributed by atoms with van der Waals surface area (Å²) >= 11 is 0. The molecule has 0 saturated heterocycles. The van der Waals surface area contributed by atoms with Gasteiger partial charge in [0.1, 0.15) is 5.82 Å². The third-order valence-electron chi connectivity index (χ3n) is 5.85. The molecule has 0 spiro atoms. The Balaban J connectivity index is 2.29. The molecule has 0 aliphatic rings. The first-order valence-corrected chi connectivity index (χ1v) is 12.9. The average molecular weight is 402 g/mol. The molecule has 0 amide bonds. The maximum Gasteiger partial charge on any atom is 0.128 e. The molecule has 1 aromatic rings. The Labute approximate surface area is 182 Å². The molecule has 0 N–H and O–H groups in total. The lowest BCUT2D eigenvalue weighted by atomic mass is 10.0. The van der Waals surface area contributed by atoms with Crippen molar-refractivity contribution in [1.82, 2.24) is 9.97 Å². The molecule has 1 heterocycles. The van der Waals surface area contributed by atoms with Crippen molar-refractivity contribution in [3.05, 3.63) is 30.2 Å². The zero-order valence-corrected chi connectivity index (χ0v) is 19.8. The van der Waals surface area contributed by atoms with Gasteiger partial charge in [-0.15, -0.1) is 0 Å². The molecule has 1 rings (SSSR count). The second-order valence-electron chi connectivity index (χ2n) is 8.82. The fraction of sp³-hybridized carbons (Fsp3) is 0.815. The minimum absolute atomic E-state index is 0.887. The normalized spacial score (nSPS) is 11.3. The number of rotatable bonds is 20. The second kappa shape index (κ2) is 19.1. The highest BCUT2D eigenvalue weighted by Crippen LogP contribution is 2.14. The van der Waals surface area contributed by atoms with Gasteiger partial charge in [0.05, 0.1) is 0 Å². The van der Waals surface area contributed by atoms with Crippen LogP contribution in [0.15, 0.2) is 6.07 Å². The molecule has 0 atom stereocenters. The molecule has 0 aliphatic carbocycles. The summed E-state index contributed by atoms with van der Waals surface area (Å²) in [6.07, 6.45) is 26.0. The Kier molecular flexibility index (Phi) is 17.2. The van der Waals surface area contributed by atoms with E-state index < -0.39 is 0 Å². The van der Waals surface area contributed by atoms with Gasteiger partial charge in [0.15, 0.2) is 0 Å². The van der Waals surface area contributed by atoms with Crippen LogP contribution in [0.3, 0.4) is 0 Å². The molecule has 0 unspecified atom stereocenters. The number of aryl methyl sites for hydroxylation is 3. The zero-order valence-electron chi connectivity index (χ0n) is 19.8. The Morgan fingerprint density at radius 2 is 0.931 bits per heavy atom. The van der Waals surface area contributed by atoms with Gasteiger partial charge in [-0.05, 0) is 38.2 Å². The number of hydrogen-bond acceptors (Lipinski definition) is 2. The van der Waals surface area contributed by atoms with Gasteiger partial charge in [0, 0.05) is 17.8 Å². The van der Waals surface area contributed by atoms with Crippen molar-refractivity contribution in [1.29, 1.82) is 0 Å². The summed E-state index contributed by atoms with van der Waals surface area (Å²) in [5.41, 5.74) is 2.54. The molecule has 0 saturated carbocycles. The summed E-state index contributed by atoms with van der Waals surface area (Å²) in [7, 11) is 0. The smallest absolute Gasteiger partial charge is 0.128 e. The van der Waals surface area contributed by atoms with E-state index in [4.69, 9.17) is 9.97 Å². The third kappa shape index (κ3) is 14.7. The number of unbranched alkanes of at least 4 members (excludes halogenated alkanes) is 14. The van der Waals surface area contributed by atoms with Crippen molar-refractivity contribution in [3.8, 4) is 0 Å². The van der Waals surface area contributed by atoms with Crippen LogP contribution in [0.1, 0.15) is 140 Å². The topological polar surface area (TPSA) is 25.8 Å². The lowest BCUT2D eigenvalue weighted by molar-refractivity contribution is 0.570. The molecule has 167 valence electrons. The molecule has 0 aromatic carbocycles. The van der Waals surface area contributed by atoms with Crippen molar-refractivity contribution >= 4 is 0 Å². The predicted molar refractivity (Wildman–Crippen MR) is 128 cm³/mol. The van der Waals surface area contributed by atoms with E-state index in [2.05, 4.69) is 26.8 Å². The third-order valence-corrected chi connectivity index (χ3v) is 5.85. The predicted octanol–water partition coefficient (Wildman–Crippen LogP) is 8.61. The molecule has 29 heavy (non-hydrogen) atoms. The molecular formula is C27H49N2. The number of aromatic nitrogens is 2. The van der Waals surface area contributed by atoms with Gasteiger partial charge in [-0.2, -0.15) is 0 Å². The fourth-order valence-electron chi connectivity index (χ4n) is 4.02. The molecule has 0 aliphatic heterocycles. The Morgan fingerprint density at radius 1 is 0.552 bits per heavy atom. The Hall–Kier alpha value is -0.920. The number of nitrogens with zero attached hydrogens (tertiary/aromatic N) is 2. The van der Waals surface area contributed by atoms with Crippen LogP contribution in [-0.2, 0) is 19.3 Å². The van der Waals surface area contributed by atoms with Gasteiger partial charge < -0.3 is 0 Å². The lowest BCUT2D eigenvalue weighted by Crippen LogP contribution is -2.04. The van der Waals surface area contributed by atoms with Gasteiger partial charge in [0.2, 0.25) is 0 Å². The van der Waals surface area contributed by atoms with Gasteiger partial charge in [-0.3, -0.25) is 0 Å². The average Bonchev–Trinajstić information content (AvgIpc) is 2.72. The molecular weight excluding hydrogens is 352 g/mol. The molecule has 2 heteroatoms. The van der Waals surface area contributed by atoms with Crippen LogP contribution < -0.4 is 0 Å². The molecule has 1 aromatic heterocycles. The van der Waals surface area contributed by atoms with E-state index in [0.29, 0.717) is 0 Å². The van der Waals surface area contributed by atoms with Gasteiger partial charge >= 0.3 is 0 Å². The highest BCUT2D eigenvalue weighted by Gasteiger charge is 2.05. The fourth-order valence-corrected chi connectivity index (χ4v) is 4.02. The van der Waals surface area contributed by atoms with Crippen molar-refractivity contribution in [2.24, 2.45) is 0 Å². The van der Waals surface area contributed by atoms with E-state index in [1.165, 1.54) is 114 Å². The van der Waals surface area contributed by atoms with Crippen molar-refractivity contribution in [3.63, 3.8) is 0 Å². The minimum Gasteiger partial charge on any atom is -0.238 e. The Morgan fingerprint density at radius 3 is 1.31 bits per heavy atom. The summed E-state index contributed by atoms with van der Waals surface area (Å²) in [5, 5.41) is 0. The zero-order chi connectivity index (χ0) is 21.0. The summed E-state index contributed by atoms with van der Waals surface area (Å²) < 4.78 is 0. The monoisotopic (exact) mass is 401 g/mol. The minimum atomic E-state index is 0.887. The first kappa shape index (κ1) is 26.1. The van der Waals surface area contributed by atoms with Crippen LogP contribution in [0.25, 0.3) is 0 Å². The van der Waals surface area contributed by atoms with Gasteiger partial charge in [0.25, 0.3) is 0 Å². The van der Waals surface area contributed by atoms with E-state index in [1.807, 2.05) is 0 Å². The van der Waals surface area contributed by atoms with Crippen LogP contribution in [0.5, 0.6) is 0 Å². The van der Waals surface area contributed by atoms with E-state index in [-0.39, 0.29) is 0 Å². The van der Waals surface area contributed by atoms with Crippen LogP contribution in [-0.4, -0.2) is 9.97 Å². The first-order chi connectivity index (χ1) is 14.3. The van der Waals surface area contributed by atoms with Crippen LogP contribution >= 0.6 is 0 Å². The summed E-state index contributed by atoms with van der Waals surface area (Å²) in [6, 6.07) is 2.29. The van der Waals surface area contributed by atoms with Gasteiger partial charge in [-0.25, -0.2) is 9.97 Å². The maximum absolute atomic E-state index is 4.82. The highest BCUT2D eigenvalue weighted by molar-refractivity contribution is 5.12. The summed E-state index contributed by atoms with van der Waals surface area (Å²) in [5.74, 6) is 1.02.